The fraction of sp³-hybridized carbons (Fsp3) is 0.842. The van der Waals surface area contributed by atoms with Crippen molar-refractivity contribution in [2.45, 2.75) is 96.1 Å². The lowest BCUT2D eigenvalue weighted by molar-refractivity contribution is 0.120. The molecule has 0 rings (SSSR count). The molecule has 0 unspecified atom stereocenters. The standard InChI is InChI=1S/C19H35NO4/c1-2-3-4-5-6-7-8-9-10-11-12-13-14-15-18(22)17(16-21)20-19(23)24/h17-18,20-22H,2-13,16H2,1H3,(H,23,24)/t17-,18+/m0/s1. The maximum atomic E-state index is 10.5. The Morgan fingerprint density at radius 3 is 1.92 bits per heavy atom. The predicted molar refractivity (Wildman–Crippen MR) is 96.9 cm³/mol. The molecule has 0 aliphatic rings. The van der Waals surface area contributed by atoms with E-state index in [2.05, 4.69) is 18.8 Å². The molecule has 0 aliphatic heterocycles. The highest BCUT2D eigenvalue weighted by Gasteiger charge is 2.17. The van der Waals surface area contributed by atoms with E-state index in [-0.39, 0.29) is 0 Å². The van der Waals surface area contributed by atoms with Crippen LogP contribution in [-0.4, -0.2) is 40.2 Å². The van der Waals surface area contributed by atoms with Gasteiger partial charge in [-0.3, -0.25) is 0 Å². The zero-order chi connectivity index (χ0) is 18.0. The van der Waals surface area contributed by atoms with Gasteiger partial charge in [-0.05, 0) is 6.42 Å². The first-order valence-electron chi connectivity index (χ1n) is 9.38. The van der Waals surface area contributed by atoms with Crippen LogP contribution in [0.25, 0.3) is 0 Å². The quantitative estimate of drug-likeness (QED) is 0.287. The second-order valence-electron chi connectivity index (χ2n) is 6.29. The Hall–Kier alpha value is -1.25. The summed E-state index contributed by atoms with van der Waals surface area (Å²) in [5.41, 5.74) is 0. The largest absolute Gasteiger partial charge is 0.465 e. The first-order valence-corrected chi connectivity index (χ1v) is 9.38. The molecule has 24 heavy (non-hydrogen) atoms. The molecule has 0 fully saturated rings. The lowest BCUT2D eigenvalue weighted by atomic mass is 10.1. The number of amides is 1. The Bertz CT molecular complexity index is 362. The number of hydrogen-bond acceptors (Lipinski definition) is 3. The fourth-order valence-electron chi connectivity index (χ4n) is 2.54. The van der Waals surface area contributed by atoms with Gasteiger partial charge in [0.2, 0.25) is 0 Å². The van der Waals surface area contributed by atoms with Crippen molar-refractivity contribution in [3.63, 3.8) is 0 Å². The lowest BCUT2D eigenvalue weighted by Gasteiger charge is -2.15. The van der Waals surface area contributed by atoms with Gasteiger partial charge in [-0.2, -0.15) is 0 Å². The fourth-order valence-corrected chi connectivity index (χ4v) is 2.54. The Labute approximate surface area is 146 Å². The number of unbranched alkanes of at least 4 members (excludes halogenated alkanes) is 11. The number of carbonyl (C=O) groups is 1. The summed E-state index contributed by atoms with van der Waals surface area (Å²) in [6.45, 7) is 1.77. The number of carboxylic acid groups (broad SMARTS) is 1. The van der Waals surface area contributed by atoms with Crippen LogP contribution in [0.4, 0.5) is 4.79 Å². The van der Waals surface area contributed by atoms with Crippen molar-refractivity contribution in [1.29, 1.82) is 0 Å². The molecule has 0 aromatic heterocycles. The van der Waals surface area contributed by atoms with Crippen LogP contribution in [-0.2, 0) is 0 Å². The van der Waals surface area contributed by atoms with E-state index in [1.165, 1.54) is 57.8 Å². The van der Waals surface area contributed by atoms with Gasteiger partial charge in [0.1, 0.15) is 6.10 Å². The van der Waals surface area contributed by atoms with Gasteiger partial charge in [-0.1, -0.05) is 77.1 Å². The molecule has 0 saturated carbocycles. The predicted octanol–water partition coefficient (Wildman–Crippen LogP) is 3.68. The van der Waals surface area contributed by atoms with E-state index in [1.54, 1.807) is 0 Å². The van der Waals surface area contributed by atoms with E-state index < -0.39 is 24.8 Å². The third-order valence-electron chi connectivity index (χ3n) is 4.04. The van der Waals surface area contributed by atoms with E-state index in [0.717, 1.165) is 12.8 Å². The summed E-state index contributed by atoms with van der Waals surface area (Å²) >= 11 is 0. The molecule has 0 aliphatic carbocycles. The van der Waals surface area contributed by atoms with Gasteiger partial charge in [0.05, 0.1) is 12.6 Å². The van der Waals surface area contributed by atoms with Crippen molar-refractivity contribution >= 4 is 6.09 Å². The first-order chi connectivity index (χ1) is 11.6. The zero-order valence-electron chi connectivity index (χ0n) is 15.1. The van der Waals surface area contributed by atoms with Crippen LogP contribution in [0, 0.1) is 11.8 Å². The highest BCUT2D eigenvalue weighted by atomic mass is 16.4. The van der Waals surface area contributed by atoms with Gasteiger partial charge in [-0.15, -0.1) is 5.92 Å². The van der Waals surface area contributed by atoms with E-state index in [4.69, 9.17) is 10.2 Å². The second kappa shape index (κ2) is 16.6. The van der Waals surface area contributed by atoms with Crippen LogP contribution >= 0.6 is 0 Å². The van der Waals surface area contributed by atoms with E-state index >= 15 is 0 Å². The Morgan fingerprint density at radius 1 is 0.958 bits per heavy atom. The summed E-state index contributed by atoms with van der Waals surface area (Å²) in [6.07, 6.45) is 12.3. The van der Waals surface area contributed by atoms with Crippen molar-refractivity contribution in [2.24, 2.45) is 0 Å². The topological polar surface area (TPSA) is 89.8 Å². The molecule has 4 N–H and O–H groups in total. The third-order valence-corrected chi connectivity index (χ3v) is 4.04. The van der Waals surface area contributed by atoms with Crippen LogP contribution in [0.3, 0.4) is 0 Å². The summed E-state index contributed by atoms with van der Waals surface area (Å²) in [4.78, 5) is 10.5. The number of aliphatic hydroxyl groups is 2. The molecule has 0 aromatic rings. The van der Waals surface area contributed by atoms with Gasteiger partial charge in [0, 0.05) is 6.42 Å². The zero-order valence-corrected chi connectivity index (χ0v) is 15.1. The molecule has 5 nitrogen and oxygen atoms in total. The average molecular weight is 341 g/mol. The first kappa shape index (κ1) is 22.8. The molecule has 140 valence electrons. The maximum absolute atomic E-state index is 10.5. The number of nitrogens with one attached hydrogen (secondary N) is 1. The molecule has 1 amide bonds. The maximum Gasteiger partial charge on any atom is 0.405 e. The summed E-state index contributed by atoms with van der Waals surface area (Å²) in [5.74, 6) is 5.45. The average Bonchev–Trinajstić information content (AvgIpc) is 2.56. The summed E-state index contributed by atoms with van der Waals surface area (Å²) in [5, 5.41) is 29.3. The summed E-state index contributed by atoms with van der Waals surface area (Å²) in [7, 11) is 0. The van der Waals surface area contributed by atoms with Crippen molar-refractivity contribution in [3.8, 4) is 11.8 Å². The van der Waals surface area contributed by atoms with Crippen LogP contribution < -0.4 is 5.32 Å². The van der Waals surface area contributed by atoms with Crippen LogP contribution in [0.5, 0.6) is 0 Å². The third kappa shape index (κ3) is 14.3. The molecule has 0 heterocycles. The Kier molecular flexibility index (Phi) is 15.7. The number of hydrogen-bond donors (Lipinski definition) is 4. The SMILES string of the molecule is CCCCCCCCCCCCCC#C[C@@H](O)[C@H](CO)NC(=O)O. The Balaban J connectivity index is 3.51. The highest BCUT2D eigenvalue weighted by molar-refractivity contribution is 5.65. The second-order valence-corrected chi connectivity index (χ2v) is 6.29. The monoisotopic (exact) mass is 341 g/mol. The number of rotatable bonds is 14. The van der Waals surface area contributed by atoms with Crippen molar-refractivity contribution in [1.82, 2.24) is 5.32 Å². The van der Waals surface area contributed by atoms with E-state index in [0.29, 0.717) is 6.42 Å². The van der Waals surface area contributed by atoms with Crippen molar-refractivity contribution < 1.29 is 20.1 Å². The lowest BCUT2D eigenvalue weighted by Crippen LogP contribution is -2.44. The molecule has 0 radical (unpaired) electrons. The normalized spacial score (nSPS) is 13.0. The minimum atomic E-state index is -1.28. The highest BCUT2D eigenvalue weighted by Crippen LogP contribution is 2.11. The molecule has 5 heteroatoms. The molecule has 0 saturated heterocycles. The van der Waals surface area contributed by atoms with Crippen LogP contribution in [0.15, 0.2) is 0 Å². The molecular formula is C19H35NO4. The minimum Gasteiger partial charge on any atom is -0.465 e. The van der Waals surface area contributed by atoms with Gasteiger partial charge in [0.25, 0.3) is 0 Å². The van der Waals surface area contributed by atoms with Crippen LogP contribution in [0.2, 0.25) is 0 Å². The van der Waals surface area contributed by atoms with Crippen LogP contribution in [0.1, 0.15) is 84.0 Å². The molecule has 2 atom stereocenters. The van der Waals surface area contributed by atoms with Gasteiger partial charge < -0.3 is 20.6 Å². The molecular weight excluding hydrogens is 306 g/mol. The van der Waals surface area contributed by atoms with Crippen molar-refractivity contribution in [3.05, 3.63) is 0 Å². The van der Waals surface area contributed by atoms with Gasteiger partial charge >= 0.3 is 6.09 Å². The summed E-state index contributed by atoms with van der Waals surface area (Å²) in [6, 6.07) is -0.952. The van der Waals surface area contributed by atoms with Crippen molar-refractivity contribution in [2.75, 3.05) is 6.61 Å². The smallest absolute Gasteiger partial charge is 0.405 e. The Morgan fingerprint density at radius 2 is 1.46 bits per heavy atom. The summed E-state index contributed by atoms with van der Waals surface area (Å²) < 4.78 is 0. The molecule has 0 bridgehead atoms. The van der Waals surface area contributed by atoms with Gasteiger partial charge in [-0.25, -0.2) is 4.79 Å². The van der Waals surface area contributed by atoms with E-state index in [1.807, 2.05) is 5.32 Å². The molecule has 0 aromatic carbocycles. The van der Waals surface area contributed by atoms with E-state index in [9.17, 15) is 9.90 Å². The van der Waals surface area contributed by atoms with Gasteiger partial charge in [0.15, 0.2) is 0 Å². The number of aliphatic hydroxyl groups excluding tert-OH is 2. The minimum absolute atomic E-state index is 0.472. The molecule has 0 spiro atoms.